The van der Waals surface area contributed by atoms with E-state index in [2.05, 4.69) is 21.2 Å². The van der Waals surface area contributed by atoms with Gasteiger partial charge in [-0.2, -0.15) is 0 Å². The molecule has 1 N–H and O–H groups in total. The van der Waals surface area contributed by atoms with Gasteiger partial charge in [-0.25, -0.2) is 8.42 Å². The van der Waals surface area contributed by atoms with E-state index in [1.54, 1.807) is 24.3 Å². The third-order valence-corrected chi connectivity index (χ3v) is 6.13. The molecular weight excluding hydrogens is 326 g/mol. The van der Waals surface area contributed by atoms with E-state index >= 15 is 0 Å². The van der Waals surface area contributed by atoms with Gasteiger partial charge in [0, 0.05) is 11.0 Å². The summed E-state index contributed by atoms with van der Waals surface area (Å²) >= 11 is 3.38. The summed E-state index contributed by atoms with van der Waals surface area (Å²) in [6.45, 7) is 0.445. The van der Waals surface area contributed by atoms with Crippen LogP contribution >= 0.6 is 15.9 Å². The fraction of sp³-hybridized carbons (Fsp3) is 0.143. The van der Waals surface area contributed by atoms with Crippen molar-refractivity contribution in [3.05, 3.63) is 64.6 Å². The number of rotatable bonds is 3. The number of nitrogens with one attached hydrogen (secondary N) is 1. The predicted octanol–water partition coefficient (Wildman–Crippen LogP) is 2.68. The Morgan fingerprint density at radius 1 is 1.05 bits per heavy atom. The molecule has 1 unspecified atom stereocenters. The first kappa shape index (κ1) is 12.8. The van der Waals surface area contributed by atoms with E-state index in [4.69, 9.17) is 0 Å². The maximum atomic E-state index is 12.8. The Morgan fingerprint density at radius 3 is 2.32 bits per heavy atom. The lowest BCUT2D eigenvalue weighted by Gasteiger charge is -2.15. The van der Waals surface area contributed by atoms with Crippen LogP contribution in [-0.4, -0.2) is 15.0 Å². The zero-order valence-electron chi connectivity index (χ0n) is 10.0. The standard InChI is InChI=1S/C14H12BrNO2S/c15-12-6-4-5-11(9-12)14(10-16-14)19(17,18)13-7-2-1-3-8-13/h1-9,16H,10H2. The molecule has 1 fully saturated rings. The van der Waals surface area contributed by atoms with Crippen LogP contribution in [0.2, 0.25) is 0 Å². The summed E-state index contributed by atoms with van der Waals surface area (Å²) < 4.78 is 26.4. The molecule has 1 atom stereocenters. The molecular formula is C14H12BrNO2S. The molecule has 19 heavy (non-hydrogen) atoms. The Labute approximate surface area is 120 Å². The SMILES string of the molecule is O=S(=O)(c1ccccc1)C1(c2cccc(Br)c2)CN1. The van der Waals surface area contributed by atoms with Crippen LogP contribution in [0.15, 0.2) is 64.0 Å². The first-order chi connectivity index (χ1) is 9.06. The Kier molecular flexibility index (Phi) is 3.00. The van der Waals surface area contributed by atoms with Crippen molar-refractivity contribution < 1.29 is 8.42 Å². The Morgan fingerprint density at radius 2 is 1.74 bits per heavy atom. The van der Waals surface area contributed by atoms with Crippen LogP contribution < -0.4 is 5.32 Å². The molecule has 3 rings (SSSR count). The van der Waals surface area contributed by atoms with Crippen LogP contribution in [0.5, 0.6) is 0 Å². The molecule has 2 aromatic carbocycles. The Bertz CT molecular complexity index is 709. The highest BCUT2D eigenvalue weighted by atomic mass is 79.9. The molecule has 5 heteroatoms. The van der Waals surface area contributed by atoms with Gasteiger partial charge in [-0.3, -0.25) is 5.32 Å². The maximum Gasteiger partial charge on any atom is 0.202 e. The number of sulfone groups is 1. The summed E-state index contributed by atoms with van der Waals surface area (Å²) in [5.74, 6) is 0. The molecule has 1 aliphatic rings. The molecule has 3 nitrogen and oxygen atoms in total. The third kappa shape index (κ3) is 2.02. The third-order valence-electron chi connectivity index (χ3n) is 3.30. The van der Waals surface area contributed by atoms with Gasteiger partial charge in [0.25, 0.3) is 0 Å². The predicted molar refractivity (Wildman–Crippen MR) is 77.5 cm³/mol. The highest BCUT2D eigenvalue weighted by Gasteiger charge is 2.56. The maximum absolute atomic E-state index is 12.8. The molecule has 98 valence electrons. The van der Waals surface area contributed by atoms with Crippen LogP contribution in [0, 0.1) is 0 Å². The summed E-state index contributed by atoms with van der Waals surface area (Å²) in [6.07, 6.45) is 0. The molecule has 1 aliphatic heterocycles. The molecule has 0 spiro atoms. The molecule has 0 amide bonds. The van der Waals surface area contributed by atoms with Gasteiger partial charge in [0.05, 0.1) is 4.90 Å². The van der Waals surface area contributed by atoms with Crippen LogP contribution in [-0.2, 0) is 14.7 Å². The lowest BCUT2D eigenvalue weighted by molar-refractivity contribution is 0.578. The first-order valence-corrected chi connectivity index (χ1v) is 8.15. The van der Waals surface area contributed by atoms with Gasteiger partial charge in [-0.05, 0) is 29.8 Å². The second kappa shape index (κ2) is 4.44. The van der Waals surface area contributed by atoms with E-state index in [9.17, 15) is 8.42 Å². The molecule has 2 aromatic rings. The quantitative estimate of drug-likeness (QED) is 0.876. The second-order valence-electron chi connectivity index (χ2n) is 4.51. The average molecular weight is 338 g/mol. The topological polar surface area (TPSA) is 56.1 Å². The summed E-state index contributed by atoms with van der Waals surface area (Å²) in [7, 11) is -3.43. The lowest BCUT2D eigenvalue weighted by atomic mass is 10.1. The van der Waals surface area contributed by atoms with Crippen molar-refractivity contribution in [2.45, 2.75) is 9.77 Å². The zero-order chi connectivity index (χ0) is 13.5. The minimum Gasteiger partial charge on any atom is -0.290 e. The molecule has 0 aliphatic carbocycles. The molecule has 1 saturated heterocycles. The Hall–Kier alpha value is -1.17. The molecule has 0 aromatic heterocycles. The van der Waals surface area contributed by atoms with Crippen LogP contribution in [0.4, 0.5) is 0 Å². The van der Waals surface area contributed by atoms with E-state index < -0.39 is 14.7 Å². The van der Waals surface area contributed by atoms with Crippen molar-refractivity contribution in [2.75, 3.05) is 6.54 Å². The van der Waals surface area contributed by atoms with Gasteiger partial charge >= 0.3 is 0 Å². The first-order valence-electron chi connectivity index (χ1n) is 5.87. The fourth-order valence-corrected chi connectivity index (χ4v) is 4.38. The molecule has 1 heterocycles. The average Bonchev–Trinajstić information content (AvgIpc) is 3.21. The van der Waals surface area contributed by atoms with Gasteiger partial charge in [-0.1, -0.05) is 46.3 Å². The zero-order valence-corrected chi connectivity index (χ0v) is 12.4. The minimum atomic E-state index is -3.43. The van der Waals surface area contributed by atoms with Crippen LogP contribution in [0.1, 0.15) is 5.56 Å². The van der Waals surface area contributed by atoms with E-state index in [0.717, 1.165) is 10.0 Å². The summed E-state index contributed by atoms with van der Waals surface area (Å²) in [5.41, 5.74) is 0.769. The largest absolute Gasteiger partial charge is 0.290 e. The summed E-state index contributed by atoms with van der Waals surface area (Å²) in [6, 6.07) is 16.0. The normalized spacial score (nSPS) is 22.2. The van der Waals surface area contributed by atoms with E-state index in [-0.39, 0.29) is 0 Å². The minimum absolute atomic E-state index is 0.347. The monoisotopic (exact) mass is 337 g/mol. The lowest BCUT2D eigenvalue weighted by Crippen LogP contribution is -2.26. The van der Waals surface area contributed by atoms with Gasteiger partial charge in [0.15, 0.2) is 4.87 Å². The van der Waals surface area contributed by atoms with Crippen molar-refractivity contribution in [3.8, 4) is 0 Å². The van der Waals surface area contributed by atoms with Crippen molar-refractivity contribution in [1.82, 2.24) is 5.32 Å². The van der Waals surface area contributed by atoms with E-state index in [0.29, 0.717) is 11.4 Å². The fourth-order valence-electron chi connectivity index (χ4n) is 2.17. The van der Waals surface area contributed by atoms with Gasteiger partial charge in [0.2, 0.25) is 9.84 Å². The molecule has 0 radical (unpaired) electrons. The number of benzene rings is 2. The highest BCUT2D eigenvalue weighted by Crippen LogP contribution is 2.41. The van der Waals surface area contributed by atoms with Crippen molar-refractivity contribution >= 4 is 25.8 Å². The highest BCUT2D eigenvalue weighted by molar-refractivity contribution is 9.10. The molecule has 0 bridgehead atoms. The van der Waals surface area contributed by atoms with Gasteiger partial charge < -0.3 is 0 Å². The van der Waals surface area contributed by atoms with Crippen molar-refractivity contribution in [1.29, 1.82) is 0 Å². The van der Waals surface area contributed by atoms with Crippen molar-refractivity contribution in [2.24, 2.45) is 0 Å². The summed E-state index contributed by atoms with van der Waals surface area (Å²) in [5, 5.41) is 3.02. The van der Waals surface area contributed by atoms with Crippen LogP contribution in [0.3, 0.4) is 0 Å². The van der Waals surface area contributed by atoms with Crippen molar-refractivity contribution in [3.63, 3.8) is 0 Å². The number of hydrogen-bond acceptors (Lipinski definition) is 3. The van der Waals surface area contributed by atoms with E-state index in [1.165, 1.54) is 0 Å². The molecule has 0 saturated carbocycles. The van der Waals surface area contributed by atoms with Gasteiger partial charge in [-0.15, -0.1) is 0 Å². The van der Waals surface area contributed by atoms with Crippen LogP contribution in [0.25, 0.3) is 0 Å². The summed E-state index contributed by atoms with van der Waals surface area (Å²) in [4.78, 5) is -0.627. The smallest absolute Gasteiger partial charge is 0.202 e. The van der Waals surface area contributed by atoms with Gasteiger partial charge in [0.1, 0.15) is 0 Å². The Balaban J connectivity index is 2.11. The number of halogens is 1. The number of hydrogen-bond donors (Lipinski definition) is 1. The van der Waals surface area contributed by atoms with E-state index in [1.807, 2.05) is 30.3 Å². The second-order valence-corrected chi connectivity index (χ2v) is 7.60.